The molecule has 1 amide bonds. The second-order valence-electron chi connectivity index (χ2n) is 1.78. The summed E-state index contributed by atoms with van der Waals surface area (Å²) >= 11 is 1.70. The third kappa shape index (κ3) is 8.12. The van der Waals surface area contributed by atoms with Gasteiger partial charge in [0.25, 0.3) is 3.91 Å². The Morgan fingerprint density at radius 1 is 1.60 bits per heavy atom. The summed E-state index contributed by atoms with van der Waals surface area (Å²) in [5, 5.41) is 2.66. The van der Waals surface area contributed by atoms with Crippen LogP contribution in [0.5, 0.6) is 0 Å². The highest BCUT2D eigenvalue weighted by Crippen LogP contribution is 1.88. The number of carbonyl (C=O) groups excluding carboxylic acids is 1. The van der Waals surface area contributed by atoms with Gasteiger partial charge in [0.2, 0.25) is 0 Å². The summed E-state index contributed by atoms with van der Waals surface area (Å²) in [5.74, 6) is 4.78. The lowest BCUT2D eigenvalue weighted by atomic mass is 10.3. The first kappa shape index (κ1) is 10.1. The number of unbranched alkanes of at least 4 members (excludes halogenated alkanes) is 1. The van der Waals surface area contributed by atoms with Gasteiger partial charge in [0.15, 0.2) is 0 Å². The second kappa shape index (κ2) is 7.23. The smallest absolute Gasteiger partial charge is 0.280 e. The first-order valence-electron chi connectivity index (χ1n) is 3.02. The number of amides is 1. The Morgan fingerprint density at radius 3 is 2.80 bits per heavy atom. The Kier molecular flexibility index (Phi) is 7.32. The molecule has 0 aliphatic carbocycles. The quantitative estimate of drug-likeness (QED) is 0.252. The molecule has 0 aliphatic heterocycles. The number of halogens is 1. The van der Waals surface area contributed by atoms with Crippen LogP contribution >= 0.6 is 22.6 Å². The Balaban J connectivity index is 2.84. The fraction of sp³-hybridized carbons (Fsp3) is 0.800. The summed E-state index contributed by atoms with van der Waals surface area (Å²) < 4.78 is -0.0220. The van der Waals surface area contributed by atoms with Crippen molar-refractivity contribution in [1.82, 2.24) is 5.32 Å². The van der Waals surface area contributed by atoms with Crippen molar-refractivity contribution < 1.29 is 9.63 Å². The summed E-state index contributed by atoms with van der Waals surface area (Å²) in [6.07, 6.45) is 1.79. The van der Waals surface area contributed by atoms with Crippen molar-refractivity contribution >= 4 is 26.5 Å². The Labute approximate surface area is 73.6 Å². The van der Waals surface area contributed by atoms with Gasteiger partial charge < -0.3 is 10.2 Å². The molecule has 60 valence electrons. The fourth-order valence-corrected chi connectivity index (χ4v) is 0.767. The maximum atomic E-state index is 10.3. The third-order valence-corrected chi connectivity index (χ3v) is 1.33. The Bertz CT molecular complexity index is 99.6. The highest BCUT2D eigenvalue weighted by Gasteiger charge is 1.91. The first-order chi connectivity index (χ1) is 4.77. The zero-order valence-electron chi connectivity index (χ0n) is 5.60. The first-order valence-corrected chi connectivity index (χ1v) is 4.10. The highest BCUT2D eigenvalue weighted by molar-refractivity contribution is 14.1. The van der Waals surface area contributed by atoms with Gasteiger partial charge in [-0.15, -0.1) is 0 Å². The van der Waals surface area contributed by atoms with E-state index < -0.39 is 0 Å². The van der Waals surface area contributed by atoms with E-state index in [1.807, 2.05) is 0 Å². The zero-order valence-corrected chi connectivity index (χ0v) is 7.76. The lowest BCUT2D eigenvalue weighted by molar-refractivity contribution is 0.134. The molecular weight excluding hydrogens is 247 g/mol. The van der Waals surface area contributed by atoms with Crippen LogP contribution in [0.15, 0.2) is 0 Å². The molecule has 0 aromatic rings. The number of hydrogen-bond acceptors (Lipinski definition) is 3. The normalized spacial score (nSPS) is 9.40. The topological polar surface area (TPSA) is 64.3 Å². The van der Waals surface area contributed by atoms with Gasteiger partial charge in [0.1, 0.15) is 0 Å². The molecule has 0 radical (unpaired) electrons. The number of carbonyl (C=O) groups is 1. The number of rotatable bonds is 5. The van der Waals surface area contributed by atoms with Gasteiger partial charge in [-0.1, -0.05) is 0 Å². The summed E-state index contributed by atoms with van der Waals surface area (Å²) in [5.41, 5.74) is 0. The molecule has 0 unspecified atom stereocenters. The van der Waals surface area contributed by atoms with Crippen molar-refractivity contribution in [2.45, 2.75) is 12.8 Å². The van der Waals surface area contributed by atoms with Crippen LogP contribution in [0.1, 0.15) is 12.8 Å². The molecule has 5 heteroatoms. The number of nitrogens with one attached hydrogen (secondary N) is 1. The summed E-state index contributed by atoms with van der Waals surface area (Å²) in [6, 6.07) is 0. The average Bonchev–Trinajstić information content (AvgIpc) is 1.87. The monoisotopic (exact) mass is 258 g/mol. The van der Waals surface area contributed by atoms with Crippen LogP contribution in [-0.2, 0) is 4.84 Å². The molecule has 0 spiro atoms. The highest BCUT2D eigenvalue weighted by atomic mass is 127. The molecule has 0 heterocycles. The van der Waals surface area contributed by atoms with Crippen molar-refractivity contribution in [2.75, 3.05) is 13.2 Å². The van der Waals surface area contributed by atoms with E-state index in [4.69, 9.17) is 5.90 Å². The molecule has 4 nitrogen and oxygen atoms in total. The largest absolute Gasteiger partial charge is 0.348 e. The molecule has 0 saturated heterocycles. The molecule has 0 rings (SSSR count). The van der Waals surface area contributed by atoms with E-state index in [-0.39, 0.29) is 3.91 Å². The average molecular weight is 258 g/mol. The van der Waals surface area contributed by atoms with Crippen molar-refractivity contribution in [3.63, 3.8) is 0 Å². The molecule has 0 aliphatic rings. The number of nitrogens with two attached hydrogens (primary N) is 1. The minimum atomic E-state index is -0.0220. The van der Waals surface area contributed by atoms with Crippen LogP contribution in [0.4, 0.5) is 4.79 Å². The third-order valence-electron chi connectivity index (χ3n) is 0.953. The van der Waals surface area contributed by atoms with Crippen molar-refractivity contribution in [2.24, 2.45) is 5.90 Å². The molecule has 0 saturated carbocycles. The molecule has 3 N–H and O–H groups in total. The van der Waals surface area contributed by atoms with Gasteiger partial charge in [0.05, 0.1) is 6.61 Å². The summed E-state index contributed by atoms with van der Waals surface area (Å²) in [4.78, 5) is 14.6. The van der Waals surface area contributed by atoms with Crippen LogP contribution in [0, 0.1) is 0 Å². The lowest BCUT2D eigenvalue weighted by Crippen LogP contribution is -2.17. The van der Waals surface area contributed by atoms with Gasteiger partial charge in [-0.25, -0.2) is 5.90 Å². The molecule has 0 atom stereocenters. The zero-order chi connectivity index (χ0) is 7.82. The van der Waals surface area contributed by atoms with E-state index in [0.29, 0.717) is 13.2 Å². The maximum absolute atomic E-state index is 10.3. The van der Waals surface area contributed by atoms with Crippen LogP contribution in [-0.4, -0.2) is 17.1 Å². The summed E-state index contributed by atoms with van der Waals surface area (Å²) in [6.45, 7) is 1.25. The van der Waals surface area contributed by atoms with Crippen LogP contribution in [0.2, 0.25) is 0 Å². The Morgan fingerprint density at radius 2 is 2.30 bits per heavy atom. The van der Waals surface area contributed by atoms with Gasteiger partial charge >= 0.3 is 0 Å². The van der Waals surface area contributed by atoms with E-state index in [1.165, 1.54) is 0 Å². The van der Waals surface area contributed by atoms with Gasteiger partial charge in [0, 0.05) is 29.1 Å². The number of hydrogen-bond donors (Lipinski definition) is 2. The van der Waals surface area contributed by atoms with Crippen LogP contribution in [0.25, 0.3) is 0 Å². The van der Waals surface area contributed by atoms with Crippen LogP contribution < -0.4 is 11.2 Å². The minimum absolute atomic E-state index is 0.0220. The van der Waals surface area contributed by atoms with Gasteiger partial charge in [-0.2, -0.15) is 0 Å². The van der Waals surface area contributed by atoms with E-state index in [1.54, 1.807) is 22.6 Å². The van der Waals surface area contributed by atoms with E-state index in [2.05, 4.69) is 10.2 Å². The van der Waals surface area contributed by atoms with E-state index >= 15 is 0 Å². The van der Waals surface area contributed by atoms with Gasteiger partial charge in [-0.3, -0.25) is 4.79 Å². The van der Waals surface area contributed by atoms with Crippen molar-refractivity contribution in [1.29, 1.82) is 0 Å². The lowest BCUT2D eigenvalue weighted by Gasteiger charge is -1.98. The second-order valence-corrected chi connectivity index (χ2v) is 2.76. The standard InChI is InChI=1S/C5H11IN2O2/c6-5(9)8-3-1-2-4-10-7/h1-4,7H2,(H,8,9). The molecule has 10 heavy (non-hydrogen) atoms. The van der Waals surface area contributed by atoms with Crippen LogP contribution in [0.3, 0.4) is 0 Å². The molecule has 0 aromatic heterocycles. The Hall–Kier alpha value is 0.120. The maximum Gasteiger partial charge on any atom is 0.280 e. The van der Waals surface area contributed by atoms with Gasteiger partial charge in [-0.05, 0) is 12.8 Å². The SMILES string of the molecule is NOCCCCNC(=O)I. The van der Waals surface area contributed by atoms with E-state index in [0.717, 1.165) is 12.8 Å². The fourth-order valence-electron chi connectivity index (χ4n) is 0.497. The van der Waals surface area contributed by atoms with E-state index in [9.17, 15) is 4.79 Å². The predicted octanol–water partition coefficient (Wildman–Crippen LogP) is 0.802. The minimum Gasteiger partial charge on any atom is -0.348 e. The molecule has 0 fully saturated rings. The van der Waals surface area contributed by atoms with Crippen molar-refractivity contribution in [3.8, 4) is 0 Å². The molecule has 0 aromatic carbocycles. The summed E-state index contributed by atoms with van der Waals surface area (Å²) in [7, 11) is 0. The molecule has 0 bridgehead atoms. The van der Waals surface area contributed by atoms with Crippen molar-refractivity contribution in [3.05, 3.63) is 0 Å². The predicted molar refractivity (Wildman–Crippen MR) is 46.8 cm³/mol. The molecular formula is C5H11IN2O2.